The molecule has 3 rings (SSSR count). The standard InChI is InChI=1S/C13H18N2O/c16-8-10-1-2-12-11(7-10)13(9-15-12)3-5-14-6-4-13/h1-2,7,14-16H,3-6,8-9H2. The van der Waals surface area contributed by atoms with Gasteiger partial charge >= 0.3 is 0 Å². The van der Waals surface area contributed by atoms with Gasteiger partial charge in [0.1, 0.15) is 0 Å². The van der Waals surface area contributed by atoms with Crippen molar-refractivity contribution < 1.29 is 5.11 Å². The molecule has 2 aliphatic rings. The van der Waals surface area contributed by atoms with Crippen LogP contribution in [0.5, 0.6) is 0 Å². The van der Waals surface area contributed by atoms with E-state index in [1.165, 1.54) is 24.1 Å². The van der Waals surface area contributed by atoms with E-state index in [1.807, 2.05) is 6.07 Å². The lowest BCUT2D eigenvalue weighted by Crippen LogP contribution is -2.41. The van der Waals surface area contributed by atoms with Gasteiger partial charge in [-0.15, -0.1) is 0 Å². The van der Waals surface area contributed by atoms with E-state index in [4.69, 9.17) is 0 Å². The van der Waals surface area contributed by atoms with Gasteiger partial charge in [0, 0.05) is 17.6 Å². The molecule has 0 bridgehead atoms. The van der Waals surface area contributed by atoms with Crippen LogP contribution in [0.2, 0.25) is 0 Å². The molecule has 16 heavy (non-hydrogen) atoms. The summed E-state index contributed by atoms with van der Waals surface area (Å²) < 4.78 is 0. The summed E-state index contributed by atoms with van der Waals surface area (Å²) in [5.74, 6) is 0. The highest BCUT2D eigenvalue weighted by Gasteiger charge is 2.39. The normalized spacial score (nSPS) is 21.8. The predicted octanol–water partition coefficient (Wildman–Crippen LogP) is 1.23. The minimum atomic E-state index is 0.140. The second-order valence-electron chi connectivity index (χ2n) is 4.92. The molecule has 1 spiro atoms. The molecule has 2 aliphatic heterocycles. The van der Waals surface area contributed by atoms with Crippen molar-refractivity contribution in [2.75, 3.05) is 25.0 Å². The zero-order valence-electron chi connectivity index (χ0n) is 9.42. The summed E-state index contributed by atoms with van der Waals surface area (Å²) in [6.07, 6.45) is 2.39. The number of hydrogen-bond acceptors (Lipinski definition) is 3. The van der Waals surface area contributed by atoms with Crippen molar-refractivity contribution >= 4 is 5.69 Å². The molecule has 1 saturated heterocycles. The Morgan fingerprint density at radius 1 is 1.25 bits per heavy atom. The zero-order chi connectivity index (χ0) is 11.0. The van der Waals surface area contributed by atoms with Crippen LogP contribution in [0.25, 0.3) is 0 Å². The lowest BCUT2D eigenvalue weighted by molar-refractivity contribution is 0.281. The Hall–Kier alpha value is -1.06. The fourth-order valence-electron chi connectivity index (χ4n) is 2.99. The second-order valence-corrected chi connectivity index (χ2v) is 4.92. The number of rotatable bonds is 1. The number of aliphatic hydroxyl groups is 1. The lowest BCUT2D eigenvalue weighted by atomic mass is 9.74. The molecule has 2 heterocycles. The Kier molecular flexibility index (Phi) is 2.37. The average Bonchev–Trinajstić information content (AvgIpc) is 2.69. The molecule has 1 aromatic rings. The average molecular weight is 218 g/mol. The smallest absolute Gasteiger partial charge is 0.0681 e. The van der Waals surface area contributed by atoms with Crippen molar-refractivity contribution in [2.45, 2.75) is 24.9 Å². The Bertz CT molecular complexity index is 391. The minimum Gasteiger partial charge on any atom is -0.392 e. The fraction of sp³-hybridized carbons (Fsp3) is 0.538. The number of aliphatic hydroxyl groups excluding tert-OH is 1. The van der Waals surface area contributed by atoms with Crippen molar-refractivity contribution in [1.29, 1.82) is 0 Å². The number of nitrogens with one attached hydrogen (secondary N) is 2. The van der Waals surface area contributed by atoms with Gasteiger partial charge in [0.15, 0.2) is 0 Å². The first-order valence-corrected chi connectivity index (χ1v) is 6.03. The molecule has 3 heteroatoms. The van der Waals surface area contributed by atoms with E-state index < -0.39 is 0 Å². The van der Waals surface area contributed by atoms with Crippen LogP contribution in [0, 0.1) is 0 Å². The van der Waals surface area contributed by atoms with E-state index in [-0.39, 0.29) is 6.61 Å². The third kappa shape index (κ3) is 1.43. The molecule has 0 unspecified atom stereocenters. The van der Waals surface area contributed by atoms with E-state index >= 15 is 0 Å². The first kappa shape index (κ1) is 10.1. The van der Waals surface area contributed by atoms with E-state index in [0.717, 1.165) is 25.2 Å². The molecule has 1 fully saturated rings. The van der Waals surface area contributed by atoms with Crippen LogP contribution in [0.15, 0.2) is 18.2 Å². The first-order valence-electron chi connectivity index (χ1n) is 6.03. The van der Waals surface area contributed by atoms with E-state index in [1.54, 1.807) is 0 Å². The molecule has 0 radical (unpaired) electrons. The van der Waals surface area contributed by atoms with Crippen LogP contribution in [0.3, 0.4) is 0 Å². The van der Waals surface area contributed by atoms with Crippen LogP contribution in [0.1, 0.15) is 24.0 Å². The Morgan fingerprint density at radius 2 is 2.06 bits per heavy atom. The Labute approximate surface area is 95.9 Å². The summed E-state index contributed by atoms with van der Waals surface area (Å²) in [5, 5.41) is 16.1. The van der Waals surface area contributed by atoms with E-state index in [9.17, 15) is 5.11 Å². The van der Waals surface area contributed by atoms with Crippen molar-refractivity contribution in [1.82, 2.24) is 5.32 Å². The molecule has 1 aromatic carbocycles. The summed E-state index contributed by atoms with van der Waals surface area (Å²) in [6.45, 7) is 3.40. The molecule has 86 valence electrons. The number of anilines is 1. The fourth-order valence-corrected chi connectivity index (χ4v) is 2.99. The number of piperidine rings is 1. The molecule has 0 aromatic heterocycles. The SMILES string of the molecule is OCc1ccc2c(c1)C1(CCNCC1)CN2. The topological polar surface area (TPSA) is 44.3 Å². The van der Waals surface area contributed by atoms with E-state index in [2.05, 4.69) is 22.8 Å². The van der Waals surface area contributed by atoms with Crippen molar-refractivity contribution in [3.05, 3.63) is 29.3 Å². The number of benzene rings is 1. The van der Waals surface area contributed by atoms with Crippen LogP contribution in [0.4, 0.5) is 5.69 Å². The second kappa shape index (κ2) is 3.75. The van der Waals surface area contributed by atoms with Gasteiger partial charge in [-0.05, 0) is 43.1 Å². The van der Waals surface area contributed by atoms with E-state index in [0.29, 0.717) is 5.41 Å². The first-order chi connectivity index (χ1) is 7.84. The summed E-state index contributed by atoms with van der Waals surface area (Å²) in [4.78, 5) is 0. The van der Waals surface area contributed by atoms with Gasteiger partial charge in [0.25, 0.3) is 0 Å². The van der Waals surface area contributed by atoms with Crippen LogP contribution >= 0.6 is 0 Å². The van der Waals surface area contributed by atoms with Gasteiger partial charge in [-0.2, -0.15) is 0 Å². The molecule has 0 atom stereocenters. The maximum absolute atomic E-state index is 9.22. The molecule has 0 aliphatic carbocycles. The van der Waals surface area contributed by atoms with Crippen LogP contribution < -0.4 is 10.6 Å². The minimum absolute atomic E-state index is 0.140. The zero-order valence-corrected chi connectivity index (χ0v) is 9.42. The molecular weight excluding hydrogens is 200 g/mol. The number of fused-ring (bicyclic) bond motifs is 2. The maximum Gasteiger partial charge on any atom is 0.0681 e. The quantitative estimate of drug-likeness (QED) is 0.664. The van der Waals surface area contributed by atoms with Gasteiger partial charge in [-0.1, -0.05) is 12.1 Å². The van der Waals surface area contributed by atoms with Crippen molar-refractivity contribution in [3.8, 4) is 0 Å². The molecule has 0 amide bonds. The predicted molar refractivity (Wildman–Crippen MR) is 64.6 cm³/mol. The van der Waals surface area contributed by atoms with Crippen LogP contribution in [-0.2, 0) is 12.0 Å². The third-order valence-corrected chi connectivity index (χ3v) is 4.02. The van der Waals surface area contributed by atoms with Gasteiger partial charge in [0.2, 0.25) is 0 Å². The Morgan fingerprint density at radius 3 is 2.81 bits per heavy atom. The van der Waals surface area contributed by atoms with Crippen molar-refractivity contribution in [3.63, 3.8) is 0 Å². The largest absolute Gasteiger partial charge is 0.392 e. The summed E-state index contributed by atoms with van der Waals surface area (Å²) in [6, 6.07) is 6.30. The van der Waals surface area contributed by atoms with Crippen molar-refractivity contribution in [2.24, 2.45) is 0 Å². The third-order valence-electron chi connectivity index (χ3n) is 4.02. The highest BCUT2D eigenvalue weighted by atomic mass is 16.3. The van der Waals surface area contributed by atoms with Gasteiger partial charge in [0.05, 0.1) is 6.61 Å². The number of hydrogen-bond donors (Lipinski definition) is 3. The maximum atomic E-state index is 9.22. The Balaban J connectivity index is 2.02. The molecule has 3 N–H and O–H groups in total. The highest BCUT2D eigenvalue weighted by molar-refractivity contribution is 5.61. The summed E-state index contributed by atoms with van der Waals surface area (Å²) in [5.41, 5.74) is 4.02. The van der Waals surface area contributed by atoms with Gasteiger partial charge < -0.3 is 15.7 Å². The summed E-state index contributed by atoms with van der Waals surface area (Å²) in [7, 11) is 0. The monoisotopic (exact) mass is 218 g/mol. The molecule has 3 nitrogen and oxygen atoms in total. The summed E-state index contributed by atoms with van der Waals surface area (Å²) >= 11 is 0. The lowest BCUT2D eigenvalue weighted by Gasteiger charge is -2.34. The molecule has 0 saturated carbocycles. The van der Waals surface area contributed by atoms with Crippen LogP contribution in [-0.4, -0.2) is 24.7 Å². The molecular formula is C13H18N2O. The highest BCUT2D eigenvalue weighted by Crippen LogP contribution is 2.43. The van der Waals surface area contributed by atoms with Gasteiger partial charge in [-0.3, -0.25) is 0 Å². The van der Waals surface area contributed by atoms with Gasteiger partial charge in [-0.25, -0.2) is 0 Å².